The third-order valence-corrected chi connectivity index (χ3v) is 5.70. The number of para-hydroxylation sites is 1. The van der Waals surface area contributed by atoms with Crippen molar-refractivity contribution >= 4 is 29.3 Å². The minimum absolute atomic E-state index is 0.00941. The Morgan fingerprint density at radius 3 is 2.41 bits per heavy atom. The monoisotopic (exact) mass is 409 g/mol. The van der Waals surface area contributed by atoms with Crippen molar-refractivity contribution in [2.24, 2.45) is 0 Å². The molecule has 3 rings (SSSR count). The van der Waals surface area contributed by atoms with Gasteiger partial charge in [-0.1, -0.05) is 55.1 Å². The van der Waals surface area contributed by atoms with E-state index in [1.54, 1.807) is 6.08 Å². The predicted molar refractivity (Wildman–Crippen MR) is 119 cm³/mol. The molecule has 1 saturated heterocycles. The Balaban J connectivity index is 1.41. The van der Waals surface area contributed by atoms with Crippen LogP contribution in [0.1, 0.15) is 12.5 Å². The Labute approximate surface area is 176 Å². The number of amides is 2. The van der Waals surface area contributed by atoms with Gasteiger partial charge in [0.05, 0.1) is 6.54 Å². The number of hydrogen-bond acceptors (Lipinski definition) is 4. The Morgan fingerprint density at radius 1 is 1.00 bits per heavy atom. The largest absolute Gasteiger partial charge is 0.337 e. The van der Waals surface area contributed by atoms with E-state index in [1.165, 1.54) is 11.8 Å². The number of piperazine rings is 1. The van der Waals surface area contributed by atoms with Crippen LogP contribution in [-0.4, -0.2) is 54.3 Å². The highest BCUT2D eigenvalue weighted by Crippen LogP contribution is 2.18. The second-order valence-electron chi connectivity index (χ2n) is 6.89. The normalized spacial score (nSPS) is 14.9. The van der Waals surface area contributed by atoms with E-state index in [0.29, 0.717) is 32.7 Å². The van der Waals surface area contributed by atoms with E-state index in [-0.39, 0.29) is 11.8 Å². The maximum atomic E-state index is 12.4. The fourth-order valence-corrected chi connectivity index (χ4v) is 3.90. The lowest BCUT2D eigenvalue weighted by atomic mass is 10.1. The summed E-state index contributed by atoms with van der Waals surface area (Å²) in [6.45, 7) is 5.10. The van der Waals surface area contributed by atoms with Gasteiger partial charge in [-0.2, -0.15) is 0 Å². The van der Waals surface area contributed by atoms with Crippen LogP contribution in [0.4, 0.5) is 5.69 Å². The molecule has 1 aliphatic heterocycles. The van der Waals surface area contributed by atoms with E-state index < -0.39 is 0 Å². The van der Waals surface area contributed by atoms with Crippen LogP contribution in [0, 0.1) is 0 Å². The molecule has 0 spiro atoms. The Kier molecular flexibility index (Phi) is 7.90. The lowest BCUT2D eigenvalue weighted by Gasteiger charge is -2.33. The van der Waals surface area contributed by atoms with Crippen molar-refractivity contribution < 1.29 is 9.59 Å². The van der Waals surface area contributed by atoms with Crippen LogP contribution in [0.3, 0.4) is 0 Å². The highest BCUT2D eigenvalue weighted by Gasteiger charge is 2.21. The van der Waals surface area contributed by atoms with Gasteiger partial charge in [-0.15, -0.1) is 0 Å². The highest BCUT2D eigenvalue weighted by molar-refractivity contribution is 8.02. The summed E-state index contributed by atoms with van der Waals surface area (Å²) in [5.74, 6) is 0.0132. The van der Waals surface area contributed by atoms with Gasteiger partial charge in [0, 0.05) is 42.8 Å². The summed E-state index contributed by atoms with van der Waals surface area (Å²) in [5, 5.41) is 4.85. The third kappa shape index (κ3) is 6.48. The number of thioether (sulfide) groups is 1. The molecule has 2 aromatic rings. The van der Waals surface area contributed by atoms with E-state index >= 15 is 0 Å². The summed E-state index contributed by atoms with van der Waals surface area (Å²) < 4.78 is 0. The van der Waals surface area contributed by atoms with E-state index in [2.05, 4.69) is 17.1 Å². The van der Waals surface area contributed by atoms with Crippen molar-refractivity contribution in [3.63, 3.8) is 0 Å². The quantitative estimate of drug-likeness (QED) is 0.560. The molecule has 2 amide bonds. The smallest absolute Gasteiger partial charge is 0.247 e. The molecule has 29 heavy (non-hydrogen) atoms. The number of nitrogens with one attached hydrogen (secondary N) is 1. The molecule has 0 radical (unpaired) electrons. The van der Waals surface area contributed by atoms with E-state index in [4.69, 9.17) is 0 Å². The molecule has 6 heteroatoms. The zero-order chi connectivity index (χ0) is 20.5. The number of carbonyl (C=O) groups is 2. The van der Waals surface area contributed by atoms with Crippen molar-refractivity contribution in [3.8, 4) is 0 Å². The SMILES string of the molecule is CCc1ccccc1NC(=O)CN1CCN(C(=O)/C=C/Sc2ccccc2)CC1. The molecule has 2 aromatic carbocycles. The fraction of sp³-hybridized carbons (Fsp3) is 0.304. The summed E-state index contributed by atoms with van der Waals surface area (Å²) in [5.41, 5.74) is 2.02. The van der Waals surface area contributed by atoms with Crippen LogP contribution in [0.25, 0.3) is 0 Å². The topological polar surface area (TPSA) is 52.7 Å². The number of benzene rings is 2. The fourth-order valence-electron chi connectivity index (χ4n) is 3.25. The molecule has 1 fully saturated rings. The number of aryl methyl sites for hydroxylation is 1. The van der Waals surface area contributed by atoms with Gasteiger partial charge in [0.2, 0.25) is 11.8 Å². The predicted octanol–water partition coefficient (Wildman–Crippen LogP) is 3.64. The van der Waals surface area contributed by atoms with Crippen LogP contribution in [0.5, 0.6) is 0 Å². The molecular weight excluding hydrogens is 382 g/mol. The number of anilines is 1. The van der Waals surface area contributed by atoms with E-state index in [9.17, 15) is 9.59 Å². The van der Waals surface area contributed by atoms with Gasteiger partial charge in [-0.25, -0.2) is 0 Å². The molecule has 1 aliphatic rings. The molecule has 0 saturated carbocycles. The first-order valence-corrected chi connectivity index (χ1v) is 10.8. The number of nitrogens with zero attached hydrogens (tertiary/aromatic N) is 2. The molecule has 0 aromatic heterocycles. The zero-order valence-electron chi connectivity index (χ0n) is 16.7. The van der Waals surface area contributed by atoms with E-state index in [1.807, 2.05) is 64.9 Å². The summed E-state index contributed by atoms with van der Waals surface area (Å²) in [7, 11) is 0. The highest BCUT2D eigenvalue weighted by atomic mass is 32.2. The maximum absolute atomic E-state index is 12.4. The standard InChI is InChI=1S/C23H27N3O2S/c1-2-19-8-6-7-11-21(19)24-22(27)18-25-13-15-26(16-14-25)23(28)12-17-29-20-9-4-3-5-10-20/h3-12,17H,2,13-16,18H2,1H3,(H,24,27)/b17-12+. The van der Waals surface area contributed by atoms with Crippen LogP contribution < -0.4 is 5.32 Å². The Morgan fingerprint density at radius 2 is 1.69 bits per heavy atom. The molecule has 1 N–H and O–H groups in total. The molecule has 0 atom stereocenters. The molecule has 5 nitrogen and oxygen atoms in total. The molecule has 0 bridgehead atoms. The van der Waals surface area contributed by atoms with Gasteiger partial charge in [-0.05, 0) is 35.6 Å². The number of carbonyl (C=O) groups excluding carboxylic acids is 2. The van der Waals surface area contributed by atoms with Gasteiger partial charge >= 0.3 is 0 Å². The van der Waals surface area contributed by atoms with Crippen molar-refractivity contribution in [3.05, 3.63) is 71.6 Å². The first-order chi connectivity index (χ1) is 14.2. The lowest BCUT2D eigenvalue weighted by molar-refractivity contribution is -0.128. The van der Waals surface area contributed by atoms with Gasteiger partial charge in [-0.3, -0.25) is 14.5 Å². The van der Waals surface area contributed by atoms with Crippen molar-refractivity contribution in [1.82, 2.24) is 9.80 Å². The van der Waals surface area contributed by atoms with Crippen molar-refractivity contribution in [2.75, 3.05) is 38.0 Å². The lowest BCUT2D eigenvalue weighted by Crippen LogP contribution is -2.50. The maximum Gasteiger partial charge on any atom is 0.247 e. The molecule has 0 aliphatic carbocycles. The second kappa shape index (κ2) is 10.8. The summed E-state index contributed by atoms with van der Waals surface area (Å²) in [6, 6.07) is 17.9. The molecule has 1 heterocycles. The minimum atomic E-state index is -0.00941. The summed E-state index contributed by atoms with van der Waals surface area (Å²) in [6.07, 6.45) is 2.51. The molecule has 0 unspecified atom stereocenters. The molecular formula is C23H27N3O2S. The van der Waals surface area contributed by atoms with Gasteiger partial charge in [0.15, 0.2) is 0 Å². The number of hydrogen-bond donors (Lipinski definition) is 1. The van der Waals surface area contributed by atoms with Gasteiger partial charge in [0.1, 0.15) is 0 Å². The summed E-state index contributed by atoms with van der Waals surface area (Å²) >= 11 is 1.53. The number of rotatable bonds is 7. The second-order valence-corrected chi connectivity index (χ2v) is 7.87. The molecule has 152 valence electrons. The minimum Gasteiger partial charge on any atom is -0.337 e. The van der Waals surface area contributed by atoms with Crippen molar-refractivity contribution in [1.29, 1.82) is 0 Å². The first-order valence-electron chi connectivity index (χ1n) is 9.93. The zero-order valence-corrected chi connectivity index (χ0v) is 17.5. The van der Waals surface area contributed by atoms with Gasteiger partial charge in [0.25, 0.3) is 0 Å². The summed E-state index contributed by atoms with van der Waals surface area (Å²) in [4.78, 5) is 29.8. The van der Waals surface area contributed by atoms with Crippen LogP contribution in [-0.2, 0) is 16.0 Å². The van der Waals surface area contributed by atoms with Crippen LogP contribution in [0.15, 0.2) is 71.0 Å². The van der Waals surface area contributed by atoms with Crippen molar-refractivity contribution in [2.45, 2.75) is 18.2 Å². The van der Waals surface area contributed by atoms with Crippen LogP contribution >= 0.6 is 11.8 Å². The third-order valence-electron chi connectivity index (χ3n) is 4.88. The Bertz CT molecular complexity index is 846. The van der Waals surface area contributed by atoms with Crippen LogP contribution in [0.2, 0.25) is 0 Å². The average Bonchev–Trinajstić information content (AvgIpc) is 2.75. The Hall–Kier alpha value is -2.57. The first kappa shape index (κ1) is 21.1. The van der Waals surface area contributed by atoms with Gasteiger partial charge < -0.3 is 10.2 Å². The average molecular weight is 410 g/mol. The van der Waals surface area contributed by atoms with E-state index in [0.717, 1.165) is 22.6 Å².